The van der Waals surface area contributed by atoms with Crippen molar-refractivity contribution < 1.29 is 23.9 Å². The summed E-state index contributed by atoms with van der Waals surface area (Å²) in [4.78, 5) is 41.4. The zero-order chi connectivity index (χ0) is 19.7. The zero-order valence-corrected chi connectivity index (χ0v) is 16.3. The van der Waals surface area contributed by atoms with Gasteiger partial charge in [-0.3, -0.25) is 19.7 Å². The van der Waals surface area contributed by atoms with Crippen LogP contribution >= 0.6 is 11.3 Å². The fourth-order valence-electron chi connectivity index (χ4n) is 3.56. The number of aryl methyl sites for hydroxylation is 2. The van der Waals surface area contributed by atoms with Crippen molar-refractivity contribution in [2.75, 3.05) is 18.5 Å². The lowest BCUT2D eigenvalue weighted by molar-refractivity contribution is -0.145. The first kappa shape index (κ1) is 18.6. The molecule has 0 saturated carbocycles. The van der Waals surface area contributed by atoms with Crippen LogP contribution in [0.5, 0.6) is 5.75 Å². The summed E-state index contributed by atoms with van der Waals surface area (Å²) in [6.07, 6.45) is 2.74. The smallest absolute Gasteiger partial charge is 0.315 e. The Balaban J connectivity index is 1.35. The minimum atomic E-state index is -0.350. The number of nitrogens with zero attached hydrogens (tertiary/aromatic N) is 1. The molecule has 28 heavy (non-hydrogen) atoms. The van der Waals surface area contributed by atoms with Crippen LogP contribution in [0.3, 0.4) is 0 Å². The molecule has 0 aliphatic heterocycles. The molecule has 2 aromatic rings. The van der Waals surface area contributed by atoms with Gasteiger partial charge in [-0.2, -0.15) is 0 Å². The van der Waals surface area contributed by atoms with Gasteiger partial charge in [-0.1, -0.05) is 6.07 Å². The number of nitrogens with one attached hydrogen (secondary N) is 1. The fourth-order valence-corrected chi connectivity index (χ4v) is 4.62. The first-order valence-electron chi connectivity index (χ1n) is 9.30. The summed E-state index contributed by atoms with van der Waals surface area (Å²) in [6.45, 7) is 1.93. The molecule has 146 valence electrons. The highest BCUT2D eigenvalue weighted by Gasteiger charge is 2.33. The number of carbonyl (C=O) groups is 3. The number of benzene rings is 1. The minimum Gasteiger partial charge on any atom is -0.484 e. The van der Waals surface area contributed by atoms with Crippen molar-refractivity contribution >= 4 is 34.1 Å². The van der Waals surface area contributed by atoms with Crippen molar-refractivity contribution in [1.82, 2.24) is 4.98 Å². The molecule has 1 amide bonds. The van der Waals surface area contributed by atoms with E-state index in [0.29, 0.717) is 41.6 Å². The number of aromatic nitrogens is 1. The second-order valence-electron chi connectivity index (χ2n) is 6.75. The number of hydrogen-bond donors (Lipinski definition) is 1. The Bertz CT molecular complexity index is 952. The van der Waals surface area contributed by atoms with Gasteiger partial charge in [-0.25, -0.2) is 4.98 Å². The highest BCUT2D eigenvalue weighted by molar-refractivity contribution is 7.16. The number of rotatable bonds is 6. The van der Waals surface area contributed by atoms with Crippen LogP contribution in [0.1, 0.15) is 52.2 Å². The quantitative estimate of drug-likeness (QED) is 0.750. The van der Waals surface area contributed by atoms with E-state index in [1.807, 2.05) is 6.07 Å². The molecule has 2 aliphatic rings. The molecule has 8 heteroatoms. The van der Waals surface area contributed by atoms with E-state index in [1.165, 1.54) is 11.3 Å². The highest BCUT2D eigenvalue weighted by Crippen LogP contribution is 2.39. The molecule has 2 aliphatic carbocycles. The molecule has 7 nitrogen and oxygen atoms in total. The topological polar surface area (TPSA) is 94.6 Å². The van der Waals surface area contributed by atoms with Crippen LogP contribution < -0.4 is 10.1 Å². The summed E-state index contributed by atoms with van der Waals surface area (Å²) in [7, 11) is 0. The number of ketones is 1. The van der Waals surface area contributed by atoms with Gasteiger partial charge in [0.1, 0.15) is 11.7 Å². The van der Waals surface area contributed by atoms with Crippen molar-refractivity contribution in [3.63, 3.8) is 0 Å². The van der Waals surface area contributed by atoms with E-state index in [1.54, 1.807) is 19.1 Å². The number of Topliss-reactive ketones (excluding diaryl/α,β-unsaturated/α-hetero) is 1. The Morgan fingerprint density at radius 3 is 2.96 bits per heavy atom. The van der Waals surface area contributed by atoms with E-state index in [9.17, 15) is 14.4 Å². The van der Waals surface area contributed by atoms with Crippen LogP contribution in [0.15, 0.2) is 18.2 Å². The van der Waals surface area contributed by atoms with Crippen LogP contribution in [0.4, 0.5) is 5.13 Å². The number of esters is 1. The molecule has 0 radical (unpaired) electrons. The molecule has 0 bridgehead atoms. The average molecular weight is 400 g/mol. The number of ether oxygens (including phenoxy) is 2. The lowest BCUT2D eigenvalue weighted by Gasteiger charge is -2.08. The summed E-state index contributed by atoms with van der Waals surface area (Å²) >= 11 is 1.38. The number of hydrogen-bond acceptors (Lipinski definition) is 7. The molecule has 1 N–H and O–H groups in total. The van der Waals surface area contributed by atoms with Crippen LogP contribution in [-0.2, 0) is 27.2 Å². The highest BCUT2D eigenvalue weighted by atomic mass is 32.1. The van der Waals surface area contributed by atoms with Gasteiger partial charge in [0.2, 0.25) is 0 Å². The Hall–Kier alpha value is -2.74. The lowest BCUT2D eigenvalue weighted by Crippen LogP contribution is -2.20. The molecule has 1 unspecified atom stereocenters. The van der Waals surface area contributed by atoms with Gasteiger partial charge >= 0.3 is 5.97 Å². The van der Waals surface area contributed by atoms with E-state index in [-0.39, 0.29) is 30.2 Å². The van der Waals surface area contributed by atoms with Crippen molar-refractivity contribution in [2.24, 2.45) is 0 Å². The molecule has 0 fully saturated rings. The Labute approximate surface area is 166 Å². The number of amides is 1. The second-order valence-corrected chi connectivity index (χ2v) is 7.83. The third-order valence-corrected chi connectivity index (χ3v) is 5.95. The second kappa shape index (κ2) is 7.71. The number of thiazole rings is 1. The fraction of sp³-hybridized carbons (Fsp3) is 0.400. The average Bonchev–Trinajstić information content (AvgIpc) is 3.35. The van der Waals surface area contributed by atoms with Gasteiger partial charge in [-0.15, -0.1) is 11.3 Å². The summed E-state index contributed by atoms with van der Waals surface area (Å²) in [5, 5.41) is 3.17. The molecule has 1 heterocycles. The normalized spacial score (nSPS) is 17.2. The van der Waals surface area contributed by atoms with E-state index >= 15 is 0 Å². The van der Waals surface area contributed by atoms with E-state index in [4.69, 9.17) is 9.47 Å². The molecular weight excluding hydrogens is 380 g/mol. The maximum Gasteiger partial charge on any atom is 0.315 e. The van der Waals surface area contributed by atoms with Gasteiger partial charge in [-0.05, 0) is 43.9 Å². The number of anilines is 1. The lowest BCUT2D eigenvalue weighted by atomic mass is 10.1. The summed E-state index contributed by atoms with van der Waals surface area (Å²) in [6, 6.07) is 5.33. The predicted octanol–water partition coefficient (Wildman–Crippen LogP) is 2.88. The zero-order valence-electron chi connectivity index (χ0n) is 15.4. The largest absolute Gasteiger partial charge is 0.484 e. The Morgan fingerprint density at radius 2 is 2.14 bits per heavy atom. The Morgan fingerprint density at radius 1 is 1.29 bits per heavy atom. The maximum atomic E-state index is 12.2. The standard InChI is InChI=1S/C20H20N2O5S/c1-2-26-19(25)13-6-8-16-18(13)22-20(28-16)21-17(24)10-27-12-5-3-11-4-7-15(23)14(11)9-12/h3,5,9,13H,2,4,6-8,10H2,1H3,(H,21,22,24). The van der Waals surface area contributed by atoms with Crippen molar-refractivity contribution in [3.05, 3.63) is 39.9 Å². The summed E-state index contributed by atoms with van der Waals surface area (Å²) in [5.74, 6) is -0.352. The molecule has 1 aromatic heterocycles. The van der Waals surface area contributed by atoms with E-state index in [0.717, 1.165) is 23.3 Å². The molecule has 0 spiro atoms. The van der Waals surface area contributed by atoms with Gasteiger partial charge in [0, 0.05) is 16.9 Å². The van der Waals surface area contributed by atoms with Gasteiger partial charge in [0.05, 0.1) is 12.3 Å². The first-order chi connectivity index (χ1) is 13.5. The van der Waals surface area contributed by atoms with Crippen LogP contribution in [-0.4, -0.2) is 35.9 Å². The van der Waals surface area contributed by atoms with Crippen molar-refractivity contribution in [1.29, 1.82) is 0 Å². The van der Waals surface area contributed by atoms with Crippen molar-refractivity contribution in [2.45, 2.75) is 38.5 Å². The number of carbonyl (C=O) groups excluding carboxylic acids is 3. The molecule has 0 saturated heterocycles. The van der Waals surface area contributed by atoms with E-state index in [2.05, 4.69) is 10.3 Å². The Kier molecular flexibility index (Phi) is 5.13. The molecule has 1 atom stereocenters. The first-order valence-corrected chi connectivity index (χ1v) is 10.1. The summed E-state index contributed by atoms with van der Waals surface area (Å²) < 4.78 is 10.6. The minimum absolute atomic E-state index is 0.110. The molecule has 1 aromatic carbocycles. The van der Waals surface area contributed by atoms with Crippen LogP contribution in [0.2, 0.25) is 0 Å². The SMILES string of the molecule is CCOC(=O)C1CCc2sc(NC(=O)COc3ccc4c(c3)C(=O)CC4)nc21. The van der Waals surface area contributed by atoms with E-state index < -0.39 is 0 Å². The van der Waals surface area contributed by atoms with Crippen LogP contribution in [0, 0.1) is 0 Å². The third kappa shape index (κ3) is 3.64. The van der Waals surface area contributed by atoms with Crippen LogP contribution in [0.25, 0.3) is 0 Å². The van der Waals surface area contributed by atoms with Gasteiger partial charge < -0.3 is 9.47 Å². The molecular formula is C20H20N2O5S. The number of fused-ring (bicyclic) bond motifs is 2. The summed E-state index contributed by atoms with van der Waals surface area (Å²) in [5.41, 5.74) is 2.41. The maximum absolute atomic E-state index is 12.2. The van der Waals surface area contributed by atoms with Gasteiger partial charge in [0.15, 0.2) is 17.5 Å². The van der Waals surface area contributed by atoms with Gasteiger partial charge in [0.25, 0.3) is 5.91 Å². The predicted molar refractivity (Wildman–Crippen MR) is 103 cm³/mol. The monoisotopic (exact) mass is 400 g/mol. The third-order valence-electron chi connectivity index (χ3n) is 4.91. The molecule has 4 rings (SSSR count). The van der Waals surface area contributed by atoms with Crippen molar-refractivity contribution in [3.8, 4) is 5.75 Å².